The second kappa shape index (κ2) is 12.0. The average Bonchev–Trinajstić information content (AvgIpc) is 2.84. The number of hydrogen-bond donors (Lipinski definition) is 2. The largest absolute Gasteiger partial charge is 0.493 e. The fraction of sp³-hybridized carbons (Fsp3) is 0.259. The number of halogens is 2. The van der Waals surface area contributed by atoms with Crippen molar-refractivity contribution in [1.29, 1.82) is 0 Å². The van der Waals surface area contributed by atoms with E-state index >= 15 is 0 Å². The first-order valence-electron chi connectivity index (χ1n) is 11.2. The number of hydrogen-bond acceptors (Lipinski definition) is 4. The molecule has 0 aliphatic carbocycles. The summed E-state index contributed by atoms with van der Waals surface area (Å²) in [5, 5.41) is 5.22. The lowest BCUT2D eigenvalue weighted by atomic mass is 10.1. The average molecular weight is 483 g/mol. The van der Waals surface area contributed by atoms with E-state index in [-0.39, 0.29) is 11.1 Å². The van der Waals surface area contributed by atoms with Crippen LogP contribution >= 0.6 is 0 Å². The van der Waals surface area contributed by atoms with Crippen LogP contribution < -0.4 is 20.1 Å². The zero-order chi connectivity index (χ0) is 25.4. The lowest BCUT2D eigenvalue weighted by Crippen LogP contribution is -2.41. The molecule has 0 bridgehead atoms. The van der Waals surface area contributed by atoms with Crippen LogP contribution in [-0.2, 0) is 0 Å². The highest BCUT2D eigenvalue weighted by atomic mass is 19.1. The Hall–Kier alpha value is -3.94. The standard InChI is InChI=1S/C27H28F2N2O4/c1-17(2)14-15-35-23-13-12-18(16-24(23)34-3)25(30-26(32)19-8-4-6-10-21(19)28)31-27(33)20-9-5-7-11-22(20)29/h4-13,16-17,25H,14-15H2,1-3H3,(H,30,32)(H,31,33). The van der Waals surface area contributed by atoms with Gasteiger partial charge in [0.25, 0.3) is 11.8 Å². The summed E-state index contributed by atoms with van der Waals surface area (Å²) in [7, 11) is 1.47. The van der Waals surface area contributed by atoms with E-state index < -0.39 is 29.6 Å². The van der Waals surface area contributed by atoms with Crippen LogP contribution in [-0.4, -0.2) is 25.5 Å². The van der Waals surface area contributed by atoms with Crippen molar-refractivity contribution >= 4 is 11.8 Å². The third-order valence-electron chi connectivity index (χ3n) is 5.26. The SMILES string of the molecule is COc1cc(C(NC(=O)c2ccccc2F)NC(=O)c2ccccc2F)ccc1OCCC(C)C. The molecule has 6 nitrogen and oxygen atoms in total. The molecule has 2 amide bonds. The molecule has 8 heteroatoms. The van der Waals surface area contributed by atoms with Crippen LogP contribution in [0, 0.1) is 17.6 Å². The summed E-state index contributed by atoms with van der Waals surface area (Å²) in [5.74, 6) is -1.58. The Morgan fingerprint density at radius 2 is 1.37 bits per heavy atom. The number of amides is 2. The van der Waals surface area contributed by atoms with E-state index in [1.165, 1.54) is 43.5 Å². The number of carbonyl (C=O) groups is 2. The van der Waals surface area contributed by atoms with Crippen LogP contribution in [0.2, 0.25) is 0 Å². The number of nitrogens with one attached hydrogen (secondary N) is 2. The van der Waals surface area contributed by atoms with Crippen molar-refractivity contribution in [2.75, 3.05) is 13.7 Å². The summed E-state index contributed by atoms with van der Waals surface area (Å²) >= 11 is 0. The van der Waals surface area contributed by atoms with Gasteiger partial charge >= 0.3 is 0 Å². The van der Waals surface area contributed by atoms with E-state index in [2.05, 4.69) is 24.5 Å². The van der Waals surface area contributed by atoms with Crippen LogP contribution in [0.1, 0.15) is 52.7 Å². The van der Waals surface area contributed by atoms with E-state index in [1.807, 2.05) is 0 Å². The second-order valence-corrected chi connectivity index (χ2v) is 8.28. The number of methoxy groups -OCH3 is 1. The number of rotatable bonds is 10. The van der Waals surface area contributed by atoms with Gasteiger partial charge in [0.2, 0.25) is 0 Å². The molecule has 0 radical (unpaired) electrons. The molecular formula is C27H28F2N2O4. The Kier molecular flexibility index (Phi) is 8.78. The summed E-state index contributed by atoms with van der Waals surface area (Å²) in [6, 6.07) is 15.8. The maximum atomic E-state index is 14.2. The van der Waals surface area contributed by atoms with Crippen molar-refractivity contribution in [3.63, 3.8) is 0 Å². The molecule has 3 rings (SSSR count). The summed E-state index contributed by atoms with van der Waals surface area (Å²) in [6.45, 7) is 4.67. The zero-order valence-electron chi connectivity index (χ0n) is 19.8. The third kappa shape index (κ3) is 6.79. The van der Waals surface area contributed by atoms with Gasteiger partial charge in [-0.2, -0.15) is 0 Å². The van der Waals surface area contributed by atoms with Crippen molar-refractivity contribution in [2.45, 2.75) is 26.4 Å². The van der Waals surface area contributed by atoms with Gasteiger partial charge in [-0.15, -0.1) is 0 Å². The van der Waals surface area contributed by atoms with Crippen LogP contribution in [0.3, 0.4) is 0 Å². The van der Waals surface area contributed by atoms with Gasteiger partial charge in [-0.25, -0.2) is 8.78 Å². The first-order chi connectivity index (χ1) is 16.8. The molecule has 0 atom stereocenters. The minimum atomic E-state index is -1.12. The Balaban J connectivity index is 1.91. The Bertz CT molecular complexity index is 1120. The molecule has 2 N–H and O–H groups in total. The predicted octanol–water partition coefficient (Wildman–Crippen LogP) is 5.26. The molecule has 0 saturated heterocycles. The summed E-state index contributed by atoms with van der Waals surface area (Å²) in [6.07, 6.45) is -0.266. The van der Waals surface area contributed by atoms with Gasteiger partial charge in [-0.05, 0) is 54.3 Å². The number of ether oxygens (including phenoxy) is 2. The first kappa shape index (κ1) is 25.7. The summed E-state index contributed by atoms with van der Waals surface area (Å²) in [4.78, 5) is 25.7. The lowest BCUT2D eigenvalue weighted by molar-refractivity contribution is 0.0879. The molecule has 184 valence electrons. The third-order valence-corrected chi connectivity index (χ3v) is 5.26. The monoisotopic (exact) mass is 482 g/mol. The van der Waals surface area contributed by atoms with Crippen LogP contribution in [0.25, 0.3) is 0 Å². The maximum Gasteiger partial charge on any atom is 0.256 e. The molecule has 0 unspecified atom stereocenters. The molecule has 0 saturated carbocycles. The normalized spacial score (nSPS) is 10.8. The van der Waals surface area contributed by atoms with E-state index in [1.54, 1.807) is 18.2 Å². The molecule has 0 aliphatic heterocycles. The van der Waals surface area contributed by atoms with Gasteiger partial charge in [0.1, 0.15) is 17.8 Å². The minimum absolute atomic E-state index is 0.196. The molecular weight excluding hydrogens is 454 g/mol. The zero-order valence-corrected chi connectivity index (χ0v) is 19.8. The summed E-state index contributed by atoms with van der Waals surface area (Å²) in [5.41, 5.74) is 0.0314. The van der Waals surface area contributed by atoms with Crippen molar-refractivity contribution in [1.82, 2.24) is 10.6 Å². The summed E-state index contributed by atoms with van der Waals surface area (Å²) < 4.78 is 39.6. The van der Waals surface area contributed by atoms with E-state index in [4.69, 9.17) is 9.47 Å². The second-order valence-electron chi connectivity index (χ2n) is 8.28. The number of benzene rings is 3. The molecule has 0 fully saturated rings. The fourth-order valence-corrected chi connectivity index (χ4v) is 3.30. The lowest BCUT2D eigenvalue weighted by Gasteiger charge is -2.22. The molecule has 0 heterocycles. The minimum Gasteiger partial charge on any atom is -0.493 e. The molecule has 0 aromatic heterocycles. The fourth-order valence-electron chi connectivity index (χ4n) is 3.30. The Morgan fingerprint density at radius 1 is 0.829 bits per heavy atom. The highest BCUT2D eigenvalue weighted by molar-refractivity contribution is 5.97. The van der Waals surface area contributed by atoms with E-state index in [9.17, 15) is 18.4 Å². The van der Waals surface area contributed by atoms with Crippen molar-refractivity contribution < 1.29 is 27.8 Å². The van der Waals surface area contributed by atoms with Crippen LogP contribution in [0.4, 0.5) is 8.78 Å². The Labute approximate surface area is 203 Å². The van der Waals surface area contributed by atoms with Crippen molar-refractivity contribution in [2.24, 2.45) is 5.92 Å². The maximum absolute atomic E-state index is 14.2. The number of carbonyl (C=O) groups excluding carboxylic acids is 2. The molecule has 3 aromatic carbocycles. The van der Waals surface area contributed by atoms with E-state index in [0.29, 0.717) is 29.6 Å². The predicted molar refractivity (Wildman–Crippen MR) is 128 cm³/mol. The molecule has 3 aromatic rings. The molecule has 35 heavy (non-hydrogen) atoms. The van der Waals surface area contributed by atoms with Crippen LogP contribution in [0.15, 0.2) is 66.7 Å². The van der Waals surface area contributed by atoms with Gasteiger partial charge in [0, 0.05) is 0 Å². The van der Waals surface area contributed by atoms with Gasteiger partial charge in [-0.3, -0.25) is 9.59 Å². The molecule has 0 spiro atoms. The Morgan fingerprint density at radius 3 is 1.86 bits per heavy atom. The van der Waals surface area contributed by atoms with Gasteiger partial charge in [-0.1, -0.05) is 44.2 Å². The quantitative estimate of drug-likeness (QED) is 0.387. The smallest absolute Gasteiger partial charge is 0.256 e. The van der Waals surface area contributed by atoms with Crippen molar-refractivity contribution in [3.05, 3.63) is 95.1 Å². The highest BCUT2D eigenvalue weighted by Gasteiger charge is 2.23. The van der Waals surface area contributed by atoms with Gasteiger partial charge in [0.15, 0.2) is 11.5 Å². The molecule has 0 aliphatic rings. The van der Waals surface area contributed by atoms with Crippen LogP contribution in [0.5, 0.6) is 11.5 Å². The highest BCUT2D eigenvalue weighted by Crippen LogP contribution is 2.30. The topological polar surface area (TPSA) is 76.7 Å². The first-order valence-corrected chi connectivity index (χ1v) is 11.2. The van der Waals surface area contributed by atoms with E-state index in [0.717, 1.165) is 18.6 Å². The van der Waals surface area contributed by atoms with Gasteiger partial charge < -0.3 is 20.1 Å². The van der Waals surface area contributed by atoms with Crippen molar-refractivity contribution in [3.8, 4) is 11.5 Å². The van der Waals surface area contributed by atoms with Gasteiger partial charge in [0.05, 0.1) is 24.8 Å².